The van der Waals surface area contributed by atoms with Gasteiger partial charge in [0.15, 0.2) is 0 Å². The van der Waals surface area contributed by atoms with Crippen molar-refractivity contribution in [2.75, 3.05) is 17.6 Å². The topological polar surface area (TPSA) is 84.5 Å². The van der Waals surface area contributed by atoms with Gasteiger partial charge in [0.1, 0.15) is 0 Å². The average molecular weight is 242 g/mol. The van der Waals surface area contributed by atoms with Crippen molar-refractivity contribution < 1.29 is 0 Å². The van der Waals surface area contributed by atoms with Crippen LogP contribution in [0.1, 0.15) is 0 Å². The van der Waals surface area contributed by atoms with Crippen LogP contribution in [0, 0.1) is 0 Å². The van der Waals surface area contributed by atoms with Gasteiger partial charge in [0.2, 0.25) is 0 Å². The molecular weight excluding hydrogens is 228 g/mol. The molecule has 4 N–H and O–H groups in total. The zero-order chi connectivity index (χ0) is 12.4. The smallest absolute Gasteiger partial charge is 0.0672 e. The van der Waals surface area contributed by atoms with Gasteiger partial charge in [0, 0.05) is 24.3 Å². The summed E-state index contributed by atoms with van der Waals surface area (Å²) in [6, 6.07) is 5.79. The van der Waals surface area contributed by atoms with E-state index in [9.17, 15) is 0 Å². The van der Waals surface area contributed by atoms with Crippen molar-refractivity contribution >= 4 is 22.3 Å². The summed E-state index contributed by atoms with van der Waals surface area (Å²) in [5, 5.41) is 15.4. The summed E-state index contributed by atoms with van der Waals surface area (Å²) in [4.78, 5) is 0. The van der Waals surface area contributed by atoms with Gasteiger partial charge in [-0.15, -0.1) is 0 Å². The molecule has 0 fully saturated rings. The van der Waals surface area contributed by atoms with Crippen LogP contribution in [-0.4, -0.2) is 26.5 Å². The van der Waals surface area contributed by atoms with E-state index in [0.717, 1.165) is 35.4 Å². The summed E-state index contributed by atoms with van der Waals surface area (Å²) in [5.41, 5.74) is 8.60. The number of fused-ring (bicyclic) bond motifs is 1. The van der Waals surface area contributed by atoms with Gasteiger partial charge in [0.05, 0.1) is 29.6 Å². The van der Waals surface area contributed by atoms with Gasteiger partial charge in [-0.3, -0.25) is 9.78 Å². The lowest BCUT2D eigenvalue weighted by atomic mass is 10.2. The third kappa shape index (κ3) is 2.00. The van der Waals surface area contributed by atoms with E-state index >= 15 is 0 Å². The minimum atomic E-state index is 0.726. The Morgan fingerprint density at radius 2 is 2.33 bits per heavy atom. The highest BCUT2D eigenvalue weighted by molar-refractivity contribution is 5.88. The largest absolute Gasteiger partial charge is 0.397 e. The van der Waals surface area contributed by atoms with Crippen molar-refractivity contribution in [1.82, 2.24) is 20.0 Å². The minimum absolute atomic E-state index is 0.726. The van der Waals surface area contributed by atoms with Crippen molar-refractivity contribution in [3.05, 3.63) is 36.8 Å². The number of H-pyrrole nitrogens is 1. The lowest BCUT2D eigenvalue weighted by Gasteiger charge is -2.09. The predicted molar refractivity (Wildman–Crippen MR) is 71.2 cm³/mol. The van der Waals surface area contributed by atoms with Gasteiger partial charge in [-0.1, -0.05) is 0 Å². The van der Waals surface area contributed by atoms with E-state index in [4.69, 9.17) is 5.73 Å². The standard InChI is InChI=1S/C12H14N6/c13-10-6-9-8-15-17-11(9)7-12(10)14-3-5-18-4-1-2-16-18/h1-2,4,6-8,14H,3,5,13H2,(H,15,17). The number of aromatic amines is 1. The van der Waals surface area contributed by atoms with E-state index in [-0.39, 0.29) is 0 Å². The number of hydrogen-bond acceptors (Lipinski definition) is 4. The molecule has 3 rings (SSSR count). The number of nitrogens with zero attached hydrogens (tertiary/aromatic N) is 3. The molecule has 0 aliphatic carbocycles. The molecule has 0 bridgehead atoms. The minimum Gasteiger partial charge on any atom is -0.397 e. The molecule has 3 aromatic rings. The summed E-state index contributed by atoms with van der Waals surface area (Å²) in [5.74, 6) is 0. The Morgan fingerprint density at radius 3 is 3.17 bits per heavy atom. The molecule has 6 heteroatoms. The quantitative estimate of drug-likeness (QED) is 0.605. The molecule has 0 amide bonds. The highest BCUT2D eigenvalue weighted by Gasteiger charge is 2.03. The van der Waals surface area contributed by atoms with Gasteiger partial charge >= 0.3 is 0 Å². The SMILES string of the molecule is Nc1cc2cn[nH]c2cc1NCCn1cccn1. The van der Waals surface area contributed by atoms with Crippen LogP contribution in [0.25, 0.3) is 10.9 Å². The van der Waals surface area contributed by atoms with Crippen LogP contribution < -0.4 is 11.1 Å². The maximum Gasteiger partial charge on any atom is 0.0672 e. The first-order valence-electron chi connectivity index (χ1n) is 5.77. The number of aromatic nitrogens is 4. The molecule has 1 aromatic carbocycles. The Kier molecular flexibility index (Phi) is 2.60. The van der Waals surface area contributed by atoms with E-state index in [1.807, 2.05) is 29.1 Å². The molecule has 6 nitrogen and oxygen atoms in total. The van der Waals surface area contributed by atoms with Crippen molar-refractivity contribution in [1.29, 1.82) is 0 Å². The van der Waals surface area contributed by atoms with Gasteiger partial charge in [-0.25, -0.2) is 0 Å². The molecule has 0 aliphatic heterocycles. The molecule has 2 heterocycles. The highest BCUT2D eigenvalue weighted by Crippen LogP contribution is 2.24. The zero-order valence-electron chi connectivity index (χ0n) is 9.80. The second-order valence-electron chi connectivity index (χ2n) is 4.09. The molecule has 0 atom stereocenters. The van der Waals surface area contributed by atoms with Crippen LogP contribution in [0.4, 0.5) is 11.4 Å². The van der Waals surface area contributed by atoms with Crippen molar-refractivity contribution in [3.63, 3.8) is 0 Å². The summed E-state index contributed by atoms with van der Waals surface area (Å²) in [6.07, 6.45) is 5.47. The van der Waals surface area contributed by atoms with Gasteiger partial charge in [-0.05, 0) is 18.2 Å². The van der Waals surface area contributed by atoms with Crippen LogP contribution >= 0.6 is 0 Å². The Bertz CT molecular complexity index is 640. The summed E-state index contributed by atoms with van der Waals surface area (Å²) < 4.78 is 1.87. The lowest BCUT2D eigenvalue weighted by Crippen LogP contribution is -2.11. The zero-order valence-corrected chi connectivity index (χ0v) is 9.80. The Labute approximate surface area is 104 Å². The second kappa shape index (κ2) is 4.40. The number of hydrogen-bond donors (Lipinski definition) is 3. The summed E-state index contributed by atoms with van der Waals surface area (Å²) in [6.45, 7) is 1.57. The van der Waals surface area contributed by atoms with Gasteiger partial charge < -0.3 is 11.1 Å². The predicted octanol–water partition coefficient (Wildman–Crippen LogP) is 1.45. The summed E-state index contributed by atoms with van der Waals surface area (Å²) >= 11 is 0. The van der Waals surface area contributed by atoms with Crippen LogP contribution in [0.15, 0.2) is 36.8 Å². The number of nitrogens with one attached hydrogen (secondary N) is 2. The lowest BCUT2D eigenvalue weighted by molar-refractivity contribution is 0.638. The Balaban J connectivity index is 1.71. The van der Waals surface area contributed by atoms with E-state index in [1.165, 1.54) is 0 Å². The van der Waals surface area contributed by atoms with Crippen molar-refractivity contribution in [3.8, 4) is 0 Å². The van der Waals surface area contributed by atoms with E-state index in [2.05, 4.69) is 20.6 Å². The third-order valence-corrected chi connectivity index (χ3v) is 2.83. The third-order valence-electron chi connectivity index (χ3n) is 2.83. The molecule has 18 heavy (non-hydrogen) atoms. The number of benzene rings is 1. The average Bonchev–Trinajstić information content (AvgIpc) is 3.00. The summed E-state index contributed by atoms with van der Waals surface area (Å²) in [7, 11) is 0. The highest BCUT2D eigenvalue weighted by atomic mass is 15.3. The first-order valence-corrected chi connectivity index (χ1v) is 5.77. The molecule has 0 spiro atoms. The molecule has 0 unspecified atom stereocenters. The second-order valence-corrected chi connectivity index (χ2v) is 4.09. The molecule has 2 aromatic heterocycles. The number of rotatable bonds is 4. The van der Waals surface area contributed by atoms with Crippen LogP contribution in [0.2, 0.25) is 0 Å². The Hall–Kier alpha value is -2.50. The van der Waals surface area contributed by atoms with E-state index < -0.39 is 0 Å². The van der Waals surface area contributed by atoms with Crippen LogP contribution in [0.3, 0.4) is 0 Å². The number of nitrogen functional groups attached to an aromatic ring is 1. The van der Waals surface area contributed by atoms with Gasteiger partial charge in [-0.2, -0.15) is 10.2 Å². The molecular formula is C12H14N6. The first kappa shape index (κ1) is 10.6. The fourth-order valence-electron chi connectivity index (χ4n) is 1.90. The van der Waals surface area contributed by atoms with E-state index in [1.54, 1.807) is 12.4 Å². The van der Waals surface area contributed by atoms with Crippen LogP contribution in [-0.2, 0) is 6.54 Å². The number of nitrogens with two attached hydrogens (primary N) is 1. The number of anilines is 2. The maximum atomic E-state index is 5.98. The normalized spacial score (nSPS) is 10.9. The molecule has 0 radical (unpaired) electrons. The molecule has 0 saturated carbocycles. The molecule has 0 saturated heterocycles. The molecule has 0 aliphatic rings. The fourth-order valence-corrected chi connectivity index (χ4v) is 1.90. The maximum absolute atomic E-state index is 5.98. The monoisotopic (exact) mass is 242 g/mol. The van der Waals surface area contributed by atoms with Crippen LogP contribution in [0.5, 0.6) is 0 Å². The van der Waals surface area contributed by atoms with Crippen molar-refractivity contribution in [2.24, 2.45) is 0 Å². The Morgan fingerprint density at radius 1 is 1.39 bits per heavy atom. The first-order chi connectivity index (χ1) is 8.83. The molecule has 92 valence electrons. The van der Waals surface area contributed by atoms with Crippen molar-refractivity contribution in [2.45, 2.75) is 6.54 Å². The van der Waals surface area contributed by atoms with E-state index in [0.29, 0.717) is 0 Å². The van der Waals surface area contributed by atoms with Gasteiger partial charge in [0.25, 0.3) is 0 Å². The fraction of sp³-hybridized carbons (Fsp3) is 0.167.